The van der Waals surface area contributed by atoms with Crippen molar-refractivity contribution in [3.8, 4) is 0 Å². The Morgan fingerprint density at radius 3 is 1.45 bits per heavy atom. The first-order valence-electron chi connectivity index (χ1n) is 3.32. The fraction of sp³-hybridized carbons (Fsp3) is 1.00. The van der Waals surface area contributed by atoms with E-state index in [-0.39, 0.29) is 11.5 Å². The second kappa shape index (κ2) is 1.97. The summed E-state index contributed by atoms with van der Waals surface area (Å²) in [5, 5.41) is 18.9. The summed E-state index contributed by atoms with van der Waals surface area (Å²) in [5.74, 6) is -0.708. The van der Waals surface area contributed by atoms with E-state index >= 15 is 0 Å². The van der Waals surface area contributed by atoms with Gasteiger partial charge in [-0.2, -0.15) is 0 Å². The SMILES string of the molecule is C[C@@]1(O)CS(=O)(=O)C[C@@]1(C)O. The van der Waals surface area contributed by atoms with E-state index in [2.05, 4.69) is 0 Å². The quantitative estimate of drug-likeness (QED) is 0.497. The highest BCUT2D eigenvalue weighted by molar-refractivity contribution is 7.91. The van der Waals surface area contributed by atoms with E-state index in [0.717, 1.165) is 0 Å². The topological polar surface area (TPSA) is 74.6 Å². The van der Waals surface area contributed by atoms with Gasteiger partial charge in [0, 0.05) is 0 Å². The zero-order valence-corrected chi connectivity index (χ0v) is 7.35. The van der Waals surface area contributed by atoms with Gasteiger partial charge in [0.15, 0.2) is 9.84 Å². The zero-order chi connectivity index (χ0) is 8.91. The van der Waals surface area contributed by atoms with Crippen molar-refractivity contribution in [2.24, 2.45) is 0 Å². The van der Waals surface area contributed by atoms with Crippen molar-refractivity contribution >= 4 is 9.84 Å². The molecule has 1 saturated heterocycles. The van der Waals surface area contributed by atoms with Gasteiger partial charge in [0.25, 0.3) is 0 Å². The van der Waals surface area contributed by atoms with Gasteiger partial charge in [0.05, 0.1) is 11.5 Å². The number of hydrogen-bond acceptors (Lipinski definition) is 4. The van der Waals surface area contributed by atoms with Crippen LogP contribution in [0.25, 0.3) is 0 Å². The smallest absolute Gasteiger partial charge is 0.156 e. The third-order valence-corrected chi connectivity index (χ3v) is 4.17. The van der Waals surface area contributed by atoms with Crippen LogP contribution in [-0.4, -0.2) is 41.3 Å². The molecule has 0 radical (unpaired) electrons. The molecule has 5 heteroatoms. The Hall–Kier alpha value is -0.130. The van der Waals surface area contributed by atoms with Gasteiger partial charge in [-0.05, 0) is 13.8 Å². The molecule has 1 heterocycles. The molecule has 0 aromatic rings. The maximum atomic E-state index is 10.9. The van der Waals surface area contributed by atoms with Crippen LogP contribution in [0.2, 0.25) is 0 Å². The van der Waals surface area contributed by atoms with Crippen molar-refractivity contribution in [3.63, 3.8) is 0 Å². The van der Waals surface area contributed by atoms with Gasteiger partial charge in [0.2, 0.25) is 0 Å². The molecule has 1 aliphatic heterocycles. The first kappa shape index (κ1) is 8.96. The van der Waals surface area contributed by atoms with Gasteiger partial charge in [-0.3, -0.25) is 0 Å². The molecule has 0 aromatic heterocycles. The van der Waals surface area contributed by atoms with E-state index in [1.54, 1.807) is 0 Å². The summed E-state index contributed by atoms with van der Waals surface area (Å²) in [6.45, 7) is 2.66. The molecule has 0 bridgehead atoms. The van der Waals surface area contributed by atoms with E-state index in [1.165, 1.54) is 13.8 Å². The molecule has 1 rings (SSSR count). The standard InChI is InChI=1S/C6H12O4S/c1-5(7)3-11(9,10)4-6(5,2)8/h7-8H,3-4H2,1-2H3/t5-,6-/m1/s1. The van der Waals surface area contributed by atoms with Crippen LogP contribution < -0.4 is 0 Å². The maximum absolute atomic E-state index is 10.9. The molecular formula is C6H12O4S. The normalized spacial score (nSPS) is 49.5. The molecule has 0 saturated carbocycles. The minimum atomic E-state index is -3.26. The van der Waals surface area contributed by atoms with E-state index < -0.39 is 21.0 Å². The van der Waals surface area contributed by atoms with Crippen LogP contribution in [0.1, 0.15) is 13.8 Å². The van der Waals surface area contributed by atoms with Gasteiger partial charge >= 0.3 is 0 Å². The van der Waals surface area contributed by atoms with E-state index in [9.17, 15) is 18.6 Å². The predicted octanol–water partition coefficient (Wildman–Crippen LogP) is -1.08. The van der Waals surface area contributed by atoms with Gasteiger partial charge in [-0.15, -0.1) is 0 Å². The lowest BCUT2D eigenvalue weighted by Crippen LogP contribution is -2.48. The van der Waals surface area contributed by atoms with Crippen LogP contribution in [0.5, 0.6) is 0 Å². The van der Waals surface area contributed by atoms with Crippen molar-refractivity contribution in [2.45, 2.75) is 25.0 Å². The van der Waals surface area contributed by atoms with E-state index in [1.807, 2.05) is 0 Å². The summed E-state index contributed by atoms with van der Waals surface area (Å²) >= 11 is 0. The molecule has 2 N–H and O–H groups in total. The molecule has 2 atom stereocenters. The van der Waals surface area contributed by atoms with E-state index in [4.69, 9.17) is 0 Å². The van der Waals surface area contributed by atoms with Crippen LogP contribution in [0.4, 0.5) is 0 Å². The molecule has 1 aliphatic rings. The number of sulfone groups is 1. The lowest BCUT2D eigenvalue weighted by molar-refractivity contribution is -0.0935. The zero-order valence-electron chi connectivity index (χ0n) is 6.53. The van der Waals surface area contributed by atoms with E-state index in [0.29, 0.717) is 0 Å². The predicted molar refractivity (Wildman–Crippen MR) is 39.9 cm³/mol. The van der Waals surface area contributed by atoms with Crippen molar-refractivity contribution in [3.05, 3.63) is 0 Å². The monoisotopic (exact) mass is 180 g/mol. The Balaban J connectivity index is 3.08. The first-order chi connectivity index (χ1) is 4.66. The average molecular weight is 180 g/mol. The Kier molecular flexibility index (Phi) is 1.60. The highest BCUT2D eigenvalue weighted by Gasteiger charge is 2.53. The van der Waals surface area contributed by atoms with Gasteiger partial charge in [-0.25, -0.2) is 8.42 Å². The Labute approximate surface area is 65.8 Å². The summed E-state index contributed by atoms with van der Waals surface area (Å²) in [4.78, 5) is 0. The molecule has 1 fully saturated rings. The molecule has 0 spiro atoms. The van der Waals surface area contributed by atoms with Crippen LogP contribution in [0.3, 0.4) is 0 Å². The second-order valence-corrected chi connectivity index (χ2v) is 5.64. The minimum Gasteiger partial charge on any atom is -0.386 e. The highest BCUT2D eigenvalue weighted by Crippen LogP contribution is 2.32. The summed E-state index contributed by atoms with van der Waals surface area (Å²) < 4.78 is 21.9. The van der Waals surface area contributed by atoms with Gasteiger partial charge in [0.1, 0.15) is 11.2 Å². The second-order valence-electron chi connectivity index (χ2n) is 3.58. The minimum absolute atomic E-state index is 0.354. The van der Waals surface area contributed by atoms with Crippen LogP contribution in [0.15, 0.2) is 0 Å². The molecule has 0 unspecified atom stereocenters. The Morgan fingerprint density at radius 1 is 1.09 bits per heavy atom. The molecule has 4 nitrogen and oxygen atoms in total. The fourth-order valence-electron chi connectivity index (χ4n) is 1.22. The van der Waals surface area contributed by atoms with Crippen LogP contribution >= 0.6 is 0 Å². The number of aliphatic hydroxyl groups is 2. The van der Waals surface area contributed by atoms with Crippen LogP contribution in [-0.2, 0) is 9.84 Å². The molecule has 11 heavy (non-hydrogen) atoms. The maximum Gasteiger partial charge on any atom is 0.156 e. The Morgan fingerprint density at radius 2 is 1.36 bits per heavy atom. The average Bonchev–Trinajstić information content (AvgIpc) is 1.66. The van der Waals surface area contributed by atoms with Crippen LogP contribution in [0, 0.1) is 0 Å². The number of hydrogen-bond donors (Lipinski definition) is 2. The van der Waals surface area contributed by atoms with Crippen molar-refractivity contribution in [1.29, 1.82) is 0 Å². The summed E-state index contributed by atoms with van der Waals surface area (Å²) in [6, 6.07) is 0. The van der Waals surface area contributed by atoms with Gasteiger partial charge in [-0.1, -0.05) is 0 Å². The summed E-state index contributed by atoms with van der Waals surface area (Å²) in [5.41, 5.74) is -3.02. The largest absolute Gasteiger partial charge is 0.386 e. The molecule has 0 amide bonds. The number of rotatable bonds is 0. The third kappa shape index (κ3) is 1.40. The van der Waals surface area contributed by atoms with Crippen molar-refractivity contribution < 1.29 is 18.6 Å². The van der Waals surface area contributed by atoms with Gasteiger partial charge < -0.3 is 10.2 Å². The Bertz CT molecular complexity index is 240. The highest BCUT2D eigenvalue weighted by atomic mass is 32.2. The lowest BCUT2D eigenvalue weighted by Gasteiger charge is -2.29. The van der Waals surface area contributed by atoms with Crippen molar-refractivity contribution in [2.75, 3.05) is 11.5 Å². The third-order valence-electron chi connectivity index (χ3n) is 2.16. The summed E-state index contributed by atoms with van der Waals surface area (Å²) in [7, 11) is -3.26. The molecular weight excluding hydrogens is 168 g/mol. The molecule has 66 valence electrons. The summed E-state index contributed by atoms with van der Waals surface area (Å²) in [6.07, 6.45) is 0. The fourth-order valence-corrected chi connectivity index (χ4v) is 3.66. The lowest BCUT2D eigenvalue weighted by atomic mass is 9.90. The molecule has 0 aromatic carbocycles. The van der Waals surface area contributed by atoms with Crippen molar-refractivity contribution in [1.82, 2.24) is 0 Å². The molecule has 0 aliphatic carbocycles. The first-order valence-corrected chi connectivity index (χ1v) is 5.14.